The monoisotopic (exact) mass is 388 g/mol. The van der Waals surface area contributed by atoms with Crippen LogP contribution in [-0.2, 0) is 25.4 Å². The van der Waals surface area contributed by atoms with Crippen molar-refractivity contribution in [1.82, 2.24) is 24.1 Å². The van der Waals surface area contributed by atoms with E-state index < -0.39 is 17.2 Å². The summed E-state index contributed by atoms with van der Waals surface area (Å²) in [4.78, 5) is 40.6. The van der Waals surface area contributed by atoms with E-state index in [0.29, 0.717) is 16.3 Å². The zero-order valence-corrected chi connectivity index (χ0v) is 15.7. The van der Waals surface area contributed by atoms with Crippen molar-refractivity contribution in [2.45, 2.75) is 13.5 Å². The number of hydrazone groups is 1. The van der Waals surface area contributed by atoms with Gasteiger partial charge in [-0.25, -0.2) is 15.2 Å². The highest BCUT2D eigenvalue weighted by atomic mass is 35.5. The maximum Gasteiger partial charge on any atom is 0.332 e. The summed E-state index contributed by atoms with van der Waals surface area (Å²) in [7, 11) is 2.89. The number of amides is 1. The van der Waals surface area contributed by atoms with Gasteiger partial charge in [0, 0.05) is 24.7 Å². The Bertz CT molecular complexity index is 1190. The number of nitrogens with one attached hydrogen (secondary N) is 1. The van der Waals surface area contributed by atoms with Crippen LogP contribution in [0, 0.1) is 0 Å². The van der Waals surface area contributed by atoms with Crippen LogP contribution in [0.5, 0.6) is 0 Å². The first-order valence-electron chi connectivity index (χ1n) is 8.00. The summed E-state index contributed by atoms with van der Waals surface area (Å²) in [6, 6.07) is 7.14. The van der Waals surface area contributed by atoms with E-state index >= 15 is 0 Å². The molecule has 0 radical (unpaired) electrons. The number of aromatic nitrogens is 4. The van der Waals surface area contributed by atoms with Gasteiger partial charge in [0.25, 0.3) is 11.5 Å². The molecule has 0 bridgehead atoms. The Labute approximate surface area is 158 Å². The number of imidazole rings is 1. The molecule has 0 saturated heterocycles. The third kappa shape index (κ3) is 3.41. The van der Waals surface area contributed by atoms with Crippen molar-refractivity contribution < 1.29 is 4.79 Å². The van der Waals surface area contributed by atoms with E-state index in [1.54, 1.807) is 25.1 Å². The molecule has 3 rings (SSSR count). The second-order valence-electron chi connectivity index (χ2n) is 5.96. The molecular formula is C17H17ClN6O3. The van der Waals surface area contributed by atoms with Crippen molar-refractivity contribution in [2.24, 2.45) is 19.2 Å². The fraction of sp³-hybridized carbons (Fsp3) is 0.235. The van der Waals surface area contributed by atoms with E-state index in [4.69, 9.17) is 11.6 Å². The third-order valence-electron chi connectivity index (χ3n) is 4.14. The molecule has 27 heavy (non-hydrogen) atoms. The first-order chi connectivity index (χ1) is 12.8. The van der Waals surface area contributed by atoms with Crippen LogP contribution in [0.3, 0.4) is 0 Å². The number of carbonyl (C=O) groups is 1. The number of rotatable bonds is 4. The number of hydrogen-bond acceptors (Lipinski definition) is 5. The molecule has 1 N–H and O–H groups in total. The van der Waals surface area contributed by atoms with Crippen molar-refractivity contribution in [3.8, 4) is 0 Å². The van der Waals surface area contributed by atoms with Crippen molar-refractivity contribution >= 4 is 34.4 Å². The molecule has 2 aromatic heterocycles. The molecule has 0 aliphatic heterocycles. The molecule has 3 aromatic rings. The second-order valence-corrected chi connectivity index (χ2v) is 6.37. The predicted molar refractivity (Wildman–Crippen MR) is 102 cm³/mol. The minimum absolute atomic E-state index is 0.168. The smallest absolute Gasteiger partial charge is 0.315 e. The van der Waals surface area contributed by atoms with Gasteiger partial charge in [-0.3, -0.25) is 18.7 Å². The quantitative estimate of drug-likeness (QED) is 0.523. The molecule has 0 saturated carbocycles. The maximum absolute atomic E-state index is 12.4. The number of carbonyl (C=O) groups excluding carboxylic acids is 1. The van der Waals surface area contributed by atoms with Crippen LogP contribution in [0.15, 0.2) is 45.3 Å². The number of fused-ring (bicyclic) bond motifs is 1. The molecule has 0 spiro atoms. The lowest BCUT2D eigenvalue weighted by Crippen LogP contribution is -2.38. The maximum atomic E-state index is 12.4. The Kier molecular flexibility index (Phi) is 4.95. The molecule has 140 valence electrons. The molecule has 1 aromatic carbocycles. The molecule has 9 nitrogen and oxygen atoms in total. The molecule has 1 amide bonds. The summed E-state index contributed by atoms with van der Waals surface area (Å²) in [5.74, 6) is -0.448. The van der Waals surface area contributed by atoms with Gasteiger partial charge in [-0.15, -0.1) is 0 Å². The van der Waals surface area contributed by atoms with Crippen molar-refractivity contribution in [3.05, 3.63) is 62.0 Å². The van der Waals surface area contributed by atoms with E-state index in [0.717, 1.165) is 4.57 Å². The fourth-order valence-electron chi connectivity index (χ4n) is 2.67. The normalized spacial score (nSPS) is 11.8. The zero-order chi connectivity index (χ0) is 19.7. The average molecular weight is 389 g/mol. The summed E-state index contributed by atoms with van der Waals surface area (Å²) in [6.45, 7) is 1.54. The highest BCUT2D eigenvalue weighted by Crippen LogP contribution is 2.15. The summed E-state index contributed by atoms with van der Waals surface area (Å²) >= 11 is 6.10. The van der Waals surface area contributed by atoms with E-state index in [1.807, 2.05) is 6.07 Å². The van der Waals surface area contributed by atoms with E-state index in [2.05, 4.69) is 15.5 Å². The topological polar surface area (TPSA) is 103 Å². The Hall–Kier alpha value is -3.20. The second kappa shape index (κ2) is 7.20. The van der Waals surface area contributed by atoms with E-state index in [9.17, 15) is 14.4 Å². The molecular weight excluding hydrogens is 372 g/mol. The Balaban J connectivity index is 1.85. The van der Waals surface area contributed by atoms with Crippen molar-refractivity contribution in [2.75, 3.05) is 0 Å². The van der Waals surface area contributed by atoms with Gasteiger partial charge in [0.15, 0.2) is 11.2 Å². The molecule has 0 aliphatic carbocycles. The van der Waals surface area contributed by atoms with E-state index in [-0.39, 0.29) is 17.7 Å². The molecule has 0 fully saturated rings. The van der Waals surface area contributed by atoms with Gasteiger partial charge in [0.05, 0.1) is 12.0 Å². The first kappa shape index (κ1) is 18.6. The van der Waals surface area contributed by atoms with Gasteiger partial charge in [-0.2, -0.15) is 5.10 Å². The van der Waals surface area contributed by atoms with Crippen LogP contribution in [0.25, 0.3) is 11.2 Å². The molecule has 0 atom stereocenters. The van der Waals surface area contributed by atoms with E-state index in [1.165, 1.54) is 29.6 Å². The SMILES string of the molecule is C/C(=N\NC(=O)Cn1cnc2c1c(=O)n(C)c(=O)n2C)c1ccccc1Cl. The molecule has 0 aliphatic rings. The largest absolute Gasteiger partial charge is 0.332 e. The lowest BCUT2D eigenvalue weighted by molar-refractivity contribution is -0.121. The Morgan fingerprint density at radius 2 is 1.93 bits per heavy atom. The van der Waals surface area contributed by atoms with Crippen LogP contribution in [0.1, 0.15) is 12.5 Å². The van der Waals surface area contributed by atoms with Crippen LogP contribution in [0.4, 0.5) is 0 Å². The highest BCUT2D eigenvalue weighted by molar-refractivity contribution is 6.34. The molecule has 10 heteroatoms. The summed E-state index contributed by atoms with van der Waals surface area (Å²) in [6.07, 6.45) is 1.34. The Morgan fingerprint density at radius 1 is 1.22 bits per heavy atom. The van der Waals surface area contributed by atoms with Crippen LogP contribution in [0.2, 0.25) is 5.02 Å². The van der Waals surface area contributed by atoms with Crippen LogP contribution < -0.4 is 16.7 Å². The van der Waals surface area contributed by atoms with Gasteiger partial charge >= 0.3 is 5.69 Å². The van der Waals surface area contributed by atoms with Crippen molar-refractivity contribution in [1.29, 1.82) is 0 Å². The van der Waals surface area contributed by atoms with Gasteiger partial charge in [0.2, 0.25) is 0 Å². The predicted octanol–water partition coefficient (Wildman–Crippen LogP) is 0.628. The summed E-state index contributed by atoms with van der Waals surface area (Å²) < 4.78 is 3.61. The van der Waals surface area contributed by atoms with Crippen LogP contribution >= 0.6 is 11.6 Å². The third-order valence-corrected chi connectivity index (χ3v) is 4.47. The summed E-state index contributed by atoms with van der Waals surface area (Å²) in [5.41, 5.74) is 3.06. The minimum atomic E-state index is -0.519. The van der Waals surface area contributed by atoms with Crippen LogP contribution in [-0.4, -0.2) is 30.3 Å². The highest BCUT2D eigenvalue weighted by Gasteiger charge is 2.15. The lowest BCUT2D eigenvalue weighted by Gasteiger charge is -2.07. The number of benzene rings is 1. The molecule has 0 unspecified atom stereocenters. The van der Waals surface area contributed by atoms with Crippen molar-refractivity contribution in [3.63, 3.8) is 0 Å². The first-order valence-corrected chi connectivity index (χ1v) is 8.38. The minimum Gasteiger partial charge on any atom is -0.315 e. The molecule has 2 heterocycles. The number of hydrogen-bond donors (Lipinski definition) is 1. The van der Waals surface area contributed by atoms with Gasteiger partial charge < -0.3 is 4.57 Å². The zero-order valence-electron chi connectivity index (χ0n) is 14.9. The number of aryl methyl sites for hydroxylation is 1. The Morgan fingerprint density at radius 3 is 2.63 bits per heavy atom. The van der Waals surface area contributed by atoms with Gasteiger partial charge in [0.1, 0.15) is 6.54 Å². The standard InChI is InChI=1S/C17H17ClN6O3/c1-10(11-6-4-5-7-12(11)18)20-21-13(25)8-24-9-19-15-14(24)16(26)23(3)17(27)22(15)2/h4-7,9H,8H2,1-3H3,(H,21,25)/b20-10+. The summed E-state index contributed by atoms with van der Waals surface area (Å²) in [5, 5.41) is 4.57. The average Bonchev–Trinajstić information content (AvgIpc) is 3.06. The van der Waals surface area contributed by atoms with Gasteiger partial charge in [-0.1, -0.05) is 29.8 Å². The lowest BCUT2D eigenvalue weighted by atomic mass is 10.1. The number of nitrogens with zero attached hydrogens (tertiary/aromatic N) is 5. The number of halogens is 1. The fourth-order valence-corrected chi connectivity index (χ4v) is 2.94. The van der Waals surface area contributed by atoms with Gasteiger partial charge in [-0.05, 0) is 13.0 Å².